The van der Waals surface area contributed by atoms with Gasteiger partial charge in [-0.15, -0.1) is 0 Å². The van der Waals surface area contributed by atoms with E-state index in [1.165, 1.54) is 17.0 Å². The Labute approximate surface area is 209 Å². The Morgan fingerprint density at radius 2 is 1.69 bits per heavy atom. The highest BCUT2D eigenvalue weighted by atomic mass is 16.5. The van der Waals surface area contributed by atoms with E-state index in [-0.39, 0.29) is 17.1 Å². The standard InChI is InChI=1S/C29H28N2O5/c1-17(2)18-4-9-21(10-5-18)31-26(19-6-11-22(32)12-7-19)25(28(34)29(31)35)27(33)20-8-13-24-23(16-20)30(3)14-15-36-24/h4-13,16-17,26,32-33H,14-15H2,1-3H3/b27-25-. The van der Waals surface area contributed by atoms with Gasteiger partial charge >= 0.3 is 0 Å². The average molecular weight is 485 g/mol. The Balaban J connectivity index is 1.67. The number of aliphatic hydroxyl groups is 1. The molecule has 0 spiro atoms. The van der Waals surface area contributed by atoms with E-state index in [2.05, 4.69) is 13.8 Å². The maximum atomic E-state index is 13.4. The number of benzene rings is 3. The predicted octanol–water partition coefficient (Wildman–Crippen LogP) is 4.97. The number of fused-ring (bicyclic) bond motifs is 1. The number of nitrogens with zero attached hydrogens (tertiary/aromatic N) is 2. The molecule has 3 aromatic carbocycles. The highest BCUT2D eigenvalue weighted by Gasteiger charge is 2.47. The van der Waals surface area contributed by atoms with Crippen molar-refractivity contribution in [3.05, 3.63) is 89.0 Å². The van der Waals surface area contributed by atoms with Gasteiger partial charge in [0.2, 0.25) is 0 Å². The van der Waals surface area contributed by atoms with Gasteiger partial charge in [0.05, 0.1) is 23.8 Å². The molecule has 0 bridgehead atoms. The Kier molecular flexibility index (Phi) is 5.92. The molecular formula is C29H28N2O5. The third-order valence-corrected chi connectivity index (χ3v) is 6.82. The molecule has 0 saturated carbocycles. The molecule has 7 nitrogen and oxygen atoms in total. The maximum absolute atomic E-state index is 13.4. The molecule has 1 unspecified atom stereocenters. The molecule has 5 rings (SSSR count). The van der Waals surface area contributed by atoms with Crippen LogP contribution in [0.1, 0.15) is 42.5 Å². The largest absolute Gasteiger partial charge is 0.508 e. The minimum absolute atomic E-state index is 0.00189. The zero-order valence-electron chi connectivity index (χ0n) is 20.4. The van der Waals surface area contributed by atoms with Crippen LogP contribution in [0, 0.1) is 0 Å². The van der Waals surface area contributed by atoms with Gasteiger partial charge in [0.1, 0.15) is 23.9 Å². The number of carbonyl (C=O) groups excluding carboxylic acids is 2. The SMILES string of the molecule is CC(C)c1ccc(N2C(=O)C(=O)/C(=C(\O)c3ccc4c(c3)N(C)CCO4)C2c2ccc(O)cc2)cc1. The number of ether oxygens (including phenoxy) is 1. The first kappa shape index (κ1) is 23.5. The number of aliphatic hydroxyl groups excluding tert-OH is 1. The summed E-state index contributed by atoms with van der Waals surface area (Å²) in [5, 5.41) is 21.3. The van der Waals surface area contributed by atoms with Gasteiger partial charge in [0.25, 0.3) is 11.7 Å². The minimum Gasteiger partial charge on any atom is -0.508 e. The molecule has 0 aromatic heterocycles. The number of anilines is 2. The van der Waals surface area contributed by atoms with Crippen molar-refractivity contribution >= 4 is 28.8 Å². The molecule has 1 amide bonds. The van der Waals surface area contributed by atoms with Crippen LogP contribution >= 0.6 is 0 Å². The van der Waals surface area contributed by atoms with Gasteiger partial charge in [-0.3, -0.25) is 14.5 Å². The van der Waals surface area contributed by atoms with Gasteiger partial charge in [-0.2, -0.15) is 0 Å². The number of phenols is 1. The molecule has 36 heavy (non-hydrogen) atoms. The van der Waals surface area contributed by atoms with E-state index in [1.807, 2.05) is 36.2 Å². The second-order valence-corrected chi connectivity index (χ2v) is 9.46. The zero-order valence-corrected chi connectivity index (χ0v) is 20.4. The Hall–Kier alpha value is -4.26. The van der Waals surface area contributed by atoms with Crippen molar-refractivity contribution < 1.29 is 24.5 Å². The van der Waals surface area contributed by atoms with Crippen LogP contribution in [0.15, 0.2) is 72.3 Å². The molecule has 184 valence electrons. The van der Waals surface area contributed by atoms with E-state index >= 15 is 0 Å². The molecule has 3 aromatic rings. The predicted molar refractivity (Wildman–Crippen MR) is 139 cm³/mol. The zero-order chi connectivity index (χ0) is 25.6. The van der Waals surface area contributed by atoms with E-state index in [9.17, 15) is 19.8 Å². The van der Waals surface area contributed by atoms with Crippen molar-refractivity contribution in [3.63, 3.8) is 0 Å². The number of rotatable bonds is 4. The molecule has 0 aliphatic carbocycles. The third kappa shape index (κ3) is 3.96. The molecular weight excluding hydrogens is 456 g/mol. The minimum atomic E-state index is -0.861. The van der Waals surface area contributed by atoms with Crippen molar-refractivity contribution in [1.29, 1.82) is 0 Å². The van der Waals surface area contributed by atoms with E-state index < -0.39 is 17.7 Å². The number of ketones is 1. The summed E-state index contributed by atoms with van der Waals surface area (Å²) >= 11 is 0. The first-order chi connectivity index (χ1) is 17.3. The quantitative estimate of drug-likeness (QED) is 0.309. The van der Waals surface area contributed by atoms with Crippen LogP contribution in [0.2, 0.25) is 0 Å². The molecule has 0 radical (unpaired) electrons. The molecule has 1 saturated heterocycles. The van der Waals surface area contributed by atoms with Crippen molar-refractivity contribution in [2.45, 2.75) is 25.8 Å². The molecule has 1 fully saturated rings. The van der Waals surface area contributed by atoms with Crippen molar-refractivity contribution in [3.8, 4) is 11.5 Å². The number of carbonyl (C=O) groups is 2. The summed E-state index contributed by atoms with van der Waals surface area (Å²) in [7, 11) is 1.93. The summed E-state index contributed by atoms with van der Waals surface area (Å²) in [6, 6.07) is 18.2. The van der Waals surface area contributed by atoms with Crippen LogP contribution < -0.4 is 14.5 Å². The molecule has 7 heteroatoms. The number of aromatic hydroxyl groups is 1. The molecule has 2 heterocycles. The number of likely N-dealkylation sites (N-methyl/N-ethyl adjacent to an activating group) is 1. The molecule has 1 atom stereocenters. The van der Waals surface area contributed by atoms with Gasteiger partial charge in [0.15, 0.2) is 0 Å². The first-order valence-corrected chi connectivity index (χ1v) is 11.9. The highest BCUT2D eigenvalue weighted by molar-refractivity contribution is 6.51. The Bertz CT molecular complexity index is 1360. The second kappa shape index (κ2) is 9.07. The number of phenolic OH excluding ortho intramolecular Hbond substituents is 1. The monoisotopic (exact) mass is 484 g/mol. The van der Waals surface area contributed by atoms with Gasteiger partial charge in [-0.25, -0.2) is 0 Å². The van der Waals surface area contributed by atoms with Crippen LogP contribution in [0.4, 0.5) is 11.4 Å². The number of hydrogen-bond donors (Lipinski definition) is 2. The summed E-state index contributed by atoms with van der Waals surface area (Å²) in [5.41, 5.74) is 3.47. The Morgan fingerprint density at radius 3 is 2.36 bits per heavy atom. The first-order valence-electron chi connectivity index (χ1n) is 11.9. The topological polar surface area (TPSA) is 90.3 Å². The fraction of sp³-hybridized carbons (Fsp3) is 0.241. The van der Waals surface area contributed by atoms with Crippen LogP contribution in [-0.2, 0) is 9.59 Å². The fourth-order valence-electron chi connectivity index (χ4n) is 4.74. The summed E-state index contributed by atoms with van der Waals surface area (Å²) in [5.74, 6) is -0.662. The lowest BCUT2D eigenvalue weighted by Gasteiger charge is -2.28. The van der Waals surface area contributed by atoms with Gasteiger partial charge in [0, 0.05) is 18.3 Å². The van der Waals surface area contributed by atoms with E-state index in [4.69, 9.17) is 4.74 Å². The van der Waals surface area contributed by atoms with Crippen molar-refractivity contribution in [2.24, 2.45) is 0 Å². The normalized spacial score (nSPS) is 18.9. The lowest BCUT2D eigenvalue weighted by atomic mass is 9.94. The lowest BCUT2D eigenvalue weighted by Crippen LogP contribution is -2.29. The van der Waals surface area contributed by atoms with E-state index in [1.54, 1.807) is 30.3 Å². The maximum Gasteiger partial charge on any atom is 0.300 e. The lowest BCUT2D eigenvalue weighted by molar-refractivity contribution is -0.132. The Morgan fingerprint density at radius 1 is 1.00 bits per heavy atom. The van der Waals surface area contributed by atoms with Gasteiger partial charge in [-0.05, 0) is 59.5 Å². The number of hydrogen-bond acceptors (Lipinski definition) is 6. The van der Waals surface area contributed by atoms with E-state index in [0.29, 0.717) is 41.6 Å². The van der Waals surface area contributed by atoms with Crippen LogP contribution in [-0.4, -0.2) is 42.1 Å². The van der Waals surface area contributed by atoms with Gasteiger partial charge in [-0.1, -0.05) is 38.1 Å². The van der Waals surface area contributed by atoms with Crippen LogP contribution in [0.5, 0.6) is 11.5 Å². The van der Waals surface area contributed by atoms with Crippen LogP contribution in [0.25, 0.3) is 5.76 Å². The number of Topliss-reactive ketones (excluding diaryl/α,β-unsaturated/α-hetero) is 1. The van der Waals surface area contributed by atoms with E-state index in [0.717, 1.165) is 11.3 Å². The van der Waals surface area contributed by atoms with Crippen molar-refractivity contribution in [1.82, 2.24) is 0 Å². The molecule has 2 N–H and O–H groups in total. The van der Waals surface area contributed by atoms with Gasteiger partial charge < -0.3 is 19.8 Å². The average Bonchev–Trinajstić information content (AvgIpc) is 3.14. The number of amides is 1. The summed E-state index contributed by atoms with van der Waals surface area (Å²) in [6.45, 7) is 5.43. The highest BCUT2D eigenvalue weighted by Crippen LogP contribution is 2.43. The second-order valence-electron chi connectivity index (χ2n) is 9.46. The third-order valence-electron chi connectivity index (χ3n) is 6.82. The smallest absolute Gasteiger partial charge is 0.300 e. The van der Waals surface area contributed by atoms with Crippen molar-refractivity contribution in [2.75, 3.05) is 30.0 Å². The summed E-state index contributed by atoms with van der Waals surface area (Å²) in [6.07, 6.45) is 0. The molecule has 2 aliphatic heterocycles. The molecule has 2 aliphatic rings. The summed E-state index contributed by atoms with van der Waals surface area (Å²) < 4.78 is 5.70. The van der Waals surface area contributed by atoms with Crippen LogP contribution in [0.3, 0.4) is 0 Å². The fourth-order valence-corrected chi connectivity index (χ4v) is 4.74. The summed E-state index contributed by atoms with van der Waals surface area (Å²) in [4.78, 5) is 30.2.